The van der Waals surface area contributed by atoms with Gasteiger partial charge in [-0.05, 0) is 137 Å². The van der Waals surface area contributed by atoms with Gasteiger partial charge in [0.1, 0.15) is 11.2 Å². The number of furan rings is 1. The summed E-state index contributed by atoms with van der Waals surface area (Å²) in [6, 6.07) is 105. The molecule has 0 unspecified atom stereocenters. The van der Waals surface area contributed by atoms with Crippen molar-refractivity contribution in [2.45, 2.75) is 0 Å². The van der Waals surface area contributed by atoms with E-state index in [1.807, 2.05) is 6.07 Å². The molecule has 3 heterocycles. The molecule has 0 radical (unpaired) electrons. The summed E-state index contributed by atoms with van der Waals surface area (Å²) in [6.45, 7) is 0. The van der Waals surface area contributed by atoms with Gasteiger partial charge in [0.25, 0.3) is 0 Å². The smallest absolute Gasteiger partial charge is 0.145 e. The second-order valence-corrected chi connectivity index (χ2v) is 20.5. The van der Waals surface area contributed by atoms with Crippen LogP contribution in [0.25, 0.3) is 103 Å². The highest BCUT2D eigenvalue weighted by Gasteiger charge is 2.26. The van der Waals surface area contributed by atoms with Crippen LogP contribution in [0.2, 0.25) is 0 Å². The molecule has 15 aromatic rings. The molecule has 3 aromatic heterocycles. The van der Waals surface area contributed by atoms with E-state index in [0.29, 0.717) is 0 Å². The van der Waals surface area contributed by atoms with Crippen LogP contribution in [0, 0.1) is 12.1 Å². The molecule has 0 saturated heterocycles. The molecule has 0 aliphatic carbocycles. The fourth-order valence-corrected chi connectivity index (χ4v) is 12.6. The number of rotatable bonds is 10. The molecule has 0 bridgehead atoms. The lowest BCUT2D eigenvalue weighted by molar-refractivity contribution is 0.670. The van der Waals surface area contributed by atoms with Gasteiger partial charge in [0, 0.05) is 71.3 Å². The van der Waals surface area contributed by atoms with E-state index in [1.54, 1.807) is 11.3 Å². The third kappa shape index (κ3) is 7.54. The Hall–Kier alpha value is -10.1. The third-order valence-corrected chi connectivity index (χ3v) is 16.1. The number of thiophene rings is 1. The lowest BCUT2D eigenvalue weighted by atomic mass is 9.96. The van der Waals surface area contributed by atoms with Crippen molar-refractivity contribution < 1.29 is 4.42 Å². The number of hydrogen-bond donors (Lipinski definition) is 0. The minimum absolute atomic E-state index is 0.830. The van der Waals surface area contributed by atoms with Gasteiger partial charge in [0.15, 0.2) is 0 Å². The zero-order valence-corrected chi connectivity index (χ0v) is 42.5. The topological polar surface area (TPSA) is 24.6 Å². The molecule has 0 fully saturated rings. The third-order valence-electron chi connectivity index (χ3n) is 15.0. The molecule has 0 amide bonds. The van der Waals surface area contributed by atoms with Crippen LogP contribution in [0.5, 0.6) is 0 Å². The van der Waals surface area contributed by atoms with Gasteiger partial charge >= 0.3 is 0 Å². The molecule has 0 aliphatic rings. The minimum atomic E-state index is 0.830. The van der Waals surface area contributed by atoms with Gasteiger partial charge in [-0.25, -0.2) is 0 Å². The Labute approximate surface area is 449 Å². The molecule has 0 aliphatic heterocycles. The molecule has 0 saturated carbocycles. The second-order valence-electron chi connectivity index (χ2n) is 19.5. The zero-order valence-electron chi connectivity index (χ0n) is 41.6. The largest absolute Gasteiger partial charge is 0.455 e. The maximum absolute atomic E-state index is 7.23. The monoisotopic (exact) mass is 999 g/mol. The minimum Gasteiger partial charge on any atom is -0.455 e. The fraction of sp³-hybridized carbons (Fsp3) is 0. The number of benzene rings is 11. The average Bonchev–Trinajstić information content (AvgIpc) is 4.38. The van der Waals surface area contributed by atoms with Crippen molar-refractivity contribution in [2.75, 3.05) is 9.80 Å². The molecule has 5 heteroatoms. The van der Waals surface area contributed by atoms with Gasteiger partial charge in [-0.2, -0.15) is 0 Å². The molecule has 15 rings (SSSR count). The second kappa shape index (κ2) is 18.4. The van der Waals surface area contributed by atoms with Crippen LogP contribution in [-0.2, 0) is 0 Å². The number of para-hydroxylation sites is 4. The SMILES string of the molecule is c1ccc2c(c#1)sc1cccc(N(c3ccccc3)c3cc(-c4cc5c6ccccc6n(-c6ccccc6)c5c5c4oc4ccccc45)cc(N(c4ccc(-c5ccccc5)cc4)c4ccc(-c5ccccc5)cc4)c3)c12. The Kier molecular flexibility index (Phi) is 10.6. The van der Waals surface area contributed by atoms with Crippen molar-refractivity contribution in [3.05, 3.63) is 285 Å². The van der Waals surface area contributed by atoms with E-state index in [9.17, 15) is 0 Å². The Morgan fingerprint density at radius 3 is 1.65 bits per heavy atom. The van der Waals surface area contributed by atoms with Crippen LogP contribution in [0.3, 0.4) is 0 Å². The Bertz CT molecular complexity index is 4580. The van der Waals surface area contributed by atoms with Crippen LogP contribution in [-0.4, -0.2) is 4.57 Å². The van der Waals surface area contributed by atoms with Crippen LogP contribution in [0.15, 0.2) is 277 Å². The summed E-state index contributed by atoms with van der Waals surface area (Å²) in [7, 11) is 0. The van der Waals surface area contributed by atoms with Crippen molar-refractivity contribution in [3.8, 4) is 39.1 Å². The molecule has 0 N–H and O–H groups in total. The maximum Gasteiger partial charge on any atom is 0.145 e. The van der Waals surface area contributed by atoms with E-state index < -0.39 is 0 Å². The summed E-state index contributed by atoms with van der Waals surface area (Å²) in [6.07, 6.45) is 0. The summed E-state index contributed by atoms with van der Waals surface area (Å²) in [4.78, 5) is 4.84. The predicted molar refractivity (Wildman–Crippen MR) is 324 cm³/mol. The van der Waals surface area contributed by atoms with E-state index in [-0.39, 0.29) is 0 Å². The number of anilines is 6. The molecule has 0 atom stereocenters. The first-order valence-corrected chi connectivity index (χ1v) is 26.8. The molecule has 77 heavy (non-hydrogen) atoms. The van der Waals surface area contributed by atoms with E-state index in [4.69, 9.17) is 4.42 Å². The maximum atomic E-state index is 7.23. The summed E-state index contributed by atoms with van der Waals surface area (Å²) < 4.78 is 11.9. The molecule has 4 nitrogen and oxygen atoms in total. The van der Waals surface area contributed by atoms with E-state index in [1.165, 1.54) is 26.6 Å². The van der Waals surface area contributed by atoms with Gasteiger partial charge in [-0.15, -0.1) is 11.3 Å². The number of hydrogen-bond acceptors (Lipinski definition) is 4. The number of aromatic nitrogens is 1. The predicted octanol–water partition coefficient (Wildman–Crippen LogP) is 20.6. The zero-order chi connectivity index (χ0) is 50.8. The molecule has 360 valence electrons. The van der Waals surface area contributed by atoms with Crippen molar-refractivity contribution >= 4 is 109 Å². The number of fused-ring (bicyclic) bond motifs is 10. The Morgan fingerprint density at radius 1 is 0.390 bits per heavy atom. The lowest BCUT2D eigenvalue weighted by Crippen LogP contribution is -2.14. The van der Waals surface area contributed by atoms with E-state index >= 15 is 0 Å². The molecular weight excluding hydrogens is 955 g/mol. The van der Waals surface area contributed by atoms with E-state index in [2.05, 4.69) is 293 Å². The lowest BCUT2D eigenvalue weighted by Gasteiger charge is -2.31. The molecule has 0 spiro atoms. The van der Waals surface area contributed by atoms with Gasteiger partial charge in [0.05, 0.1) is 26.8 Å². The van der Waals surface area contributed by atoms with Crippen LogP contribution in [0.1, 0.15) is 0 Å². The normalized spacial score (nSPS) is 11.5. The molecule has 12 aromatic carbocycles. The van der Waals surface area contributed by atoms with Gasteiger partial charge in [-0.3, -0.25) is 0 Å². The first-order valence-electron chi connectivity index (χ1n) is 26.0. The highest BCUT2D eigenvalue weighted by Crippen LogP contribution is 2.51. The number of nitrogens with zero attached hydrogens (tertiary/aromatic N) is 3. The average molecular weight is 1000 g/mol. The van der Waals surface area contributed by atoms with Crippen LogP contribution >= 0.6 is 11.3 Å². The van der Waals surface area contributed by atoms with Crippen molar-refractivity contribution in [1.29, 1.82) is 0 Å². The van der Waals surface area contributed by atoms with Crippen LogP contribution < -0.4 is 9.80 Å². The highest BCUT2D eigenvalue weighted by atomic mass is 32.1. The van der Waals surface area contributed by atoms with Crippen molar-refractivity contribution in [2.24, 2.45) is 0 Å². The highest BCUT2D eigenvalue weighted by molar-refractivity contribution is 7.25. The standard InChI is InChI=1S/C72H45N3OS/c1-5-20-48(21-6-1)50-36-40-55(41-37-50)73(56-42-38-51(39-43-56)49-22-7-2-8-23-49)57-44-52(45-58(46-57)74(53-24-9-3-10-25-53)65-32-19-35-68-69(65)61-30-15-18-34-67(61)77-68)62-47-63-59-28-13-16-31-64(59)75(54-26-11-4-12-27-54)71(63)70-60-29-14-17-33-66(60)76-72(62)70/h1-17,19-33,35-47H. The summed E-state index contributed by atoms with van der Waals surface area (Å²) in [5, 5.41) is 6.80. The van der Waals surface area contributed by atoms with Crippen molar-refractivity contribution in [3.63, 3.8) is 0 Å². The quantitative estimate of drug-likeness (QED) is 0.136. The molecular formula is C72H45N3OS. The van der Waals surface area contributed by atoms with Crippen molar-refractivity contribution in [1.82, 2.24) is 4.57 Å². The van der Waals surface area contributed by atoms with Crippen LogP contribution in [0.4, 0.5) is 34.1 Å². The van der Waals surface area contributed by atoms with Gasteiger partial charge in [0.2, 0.25) is 0 Å². The fourth-order valence-electron chi connectivity index (χ4n) is 11.5. The summed E-state index contributed by atoms with van der Waals surface area (Å²) >= 11 is 1.75. The first-order chi connectivity index (χ1) is 38.2. The van der Waals surface area contributed by atoms with E-state index in [0.717, 1.165) is 111 Å². The Balaban J connectivity index is 1.05. The summed E-state index contributed by atoms with van der Waals surface area (Å²) in [5.74, 6) is 0. The first kappa shape index (κ1) is 44.4. The van der Waals surface area contributed by atoms with Gasteiger partial charge in [-0.1, -0.05) is 176 Å². The summed E-state index contributed by atoms with van der Waals surface area (Å²) in [5.41, 5.74) is 17.8. The van der Waals surface area contributed by atoms with Gasteiger partial charge < -0.3 is 18.8 Å². The Morgan fingerprint density at radius 2 is 0.961 bits per heavy atom.